The molecule has 166 valence electrons. The summed E-state index contributed by atoms with van der Waals surface area (Å²) in [4.78, 5) is 39.0. The minimum absolute atomic E-state index is 0.0471. The van der Waals surface area contributed by atoms with Crippen LogP contribution in [0.25, 0.3) is 0 Å². The van der Waals surface area contributed by atoms with Crippen molar-refractivity contribution in [2.24, 2.45) is 0 Å². The standard InChI is InChI=1S/C25H19Cl2N3O3/c1-14-6-11-20(15(2)12-14)29-23(31)16-7-9-18(10-8-16)28-22-21(27)24(32)30(25(22)33)19-5-3-4-17(26)13-19/h3-13,28H,1-2H3,(H,29,31). The highest BCUT2D eigenvalue weighted by Gasteiger charge is 2.39. The van der Waals surface area contributed by atoms with Crippen LogP contribution in [-0.2, 0) is 9.59 Å². The largest absolute Gasteiger partial charge is 0.350 e. The van der Waals surface area contributed by atoms with E-state index >= 15 is 0 Å². The van der Waals surface area contributed by atoms with Crippen molar-refractivity contribution in [1.82, 2.24) is 0 Å². The maximum Gasteiger partial charge on any atom is 0.283 e. The number of hydrogen-bond donors (Lipinski definition) is 2. The molecule has 3 amide bonds. The van der Waals surface area contributed by atoms with Crippen LogP contribution in [0.5, 0.6) is 0 Å². The van der Waals surface area contributed by atoms with Crippen LogP contribution in [0.3, 0.4) is 0 Å². The zero-order chi connectivity index (χ0) is 23.7. The van der Waals surface area contributed by atoms with Gasteiger partial charge in [-0.2, -0.15) is 0 Å². The fourth-order valence-corrected chi connectivity index (χ4v) is 3.86. The monoisotopic (exact) mass is 479 g/mol. The van der Waals surface area contributed by atoms with Crippen LogP contribution in [0, 0.1) is 13.8 Å². The first-order valence-corrected chi connectivity index (χ1v) is 10.8. The topological polar surface area (TPSA) is 78.5 Å². The van der Waals surface area contributed by atoms with Crippen LogP contribution in [0.15, 0.2) is 77.5 Å². The lowest BCUT2D eigenvalue weighted by Crippen LogP contribution is -2.32. The molecule has 4 rings (SSSR count). The van der Waals surface area contributed by atoms with Gasteiger partial charge in [-0.05, 0) is 67.9 Å². The van der Waals surface area contributed by atoms with Crippen molar-refractivity contribution in [2.75, 3.05) is 15.5 Å². The molecule has 0 unspecified atom stereocenters. The van der Waals surface area contributed by atoms with Crippen molar-refractivity contribution < 1.29 is 14.4 Å². The molecule has 8 heteroatoms. The predicted octanol–water partition coefficient (Wildman–Crippen LogP) is 5.64. The summed E-state index contributed by atoms with van der Waals surface area (Å²) in [7, 11) is 0. The zero-order valence-corrected chi connectivity index (χ0v) is 19.3. The van der Waals surface area contributed by atoms with Crippen molar-refractivity contribution in [3.05, 3.63) is 99.2 Å². The van der Waals surface area contributed by atoms with E-state index in [1.165, 1.54) is 6.07 Å². The summed E-state index contributed by atoms with van der Waals surface area (Å²) < 4.78 is 0. The molecule has 3 aromatic carbocycles. The Kier molecular flexibility index (Phi) is 6.22. The molecule has 0 fully saturated rings. The molecule has 1 heterocycles. The molecule has 0 aliphatic carbocycles. The molecule has 6 nitrogen and oxygen atoms in total. The van der Waals surface area contributed by atoms with Gasteiger partial charge in [0, 0.05) is 22.0 Å². The third kappa shape index (κ3) is 4.62. The second kappa shape index (κ2) is 9.10. The number of aryl methyl sites for hydroxylation is 2. The maximum absolute atomic E-state index is 12.9. The smallest absolute Gasteiger partial charge is 0.283 e. The Morgan fingerprint density at radius 3 is 2.27 bits per heavy atom. The third-order valence-electron chi connectivity index (χ3n) is 5.14. The lowest BCUT2D eigenvalue weighted by atomic mass is 10.1. The Labute approximate surface area is 200 Å². The number of amides is 3. The number of nitrogens with zero attached hydrogens (tertiary/aromatic N) is 1. The molecule has 0 aromatic heterocycles. The number of anilines is 3. The first-order chi connectivity index (χ1) is 15.7. The highest BCUT2D eigenvalue weighted by atomic mass is 35.5. The number of imide groups is 1. The summed E-state index contributed by atoms with van der Waals surface area (Å²) in [6, 6.07) is 18.7. The normalized spacial score (nSPS) is 13.5. The highest BCUT2D eigenvalue weighted by molar-refractivity contribution is 6.53. The van der Waals surface area contributed by atoms with Gasteiger partial charge in [0.25, 0.3) is 17.7 Å². The van der Waals surface area contributed by atoms with Crippen LogP contribution in [-0.4, -0.2) is 17.7 Å². The van der Waals surface area contributed by atoms with Gasteiger partial charge >= 0.3 is 0 Å². The van der Waals surface area contributed by atoms with Crippen LogP contribution in [0.4, 0.5) is 17.1 Å². The van der Waals surface area contributed by atoms with Crippen molar-refractivity contribution in [3.8, 4) is 0 Å². The summed E-state index contributed by atoms with van der Waals surface area (Å²) in [5, 5.41) is 5.94. The molecule has 1 aliphatic rings. The van der Waals surface area contributed by atoms with Crippen LogP contribution >= 0.6 is 23.2 Å². The van der Waals surface area contributed by atoms with Crippen molar-refractivity contribution >= 4 is 58.0 Å². The van der Waals surface area contributed by atoms with Gasteiger partial charge in [0.15, 0.2) is 0 Å². The van der Waals surface area contributed by atoms with Crippen LogP contribution in [0.2, 0.25) is 5.02 Å². The number of hydrogen-bond acceptors (Lipinski definition) is 4. The van der Waals surface area contributed by atoms with Gasteiger partial charge in [-0.1, -0.05) is 47.0 Å². The second-order valence-corrected chi connectivity index (χ2v) is 8.40. The van der Waals surface area contributed by atoms with E-state index < -0.39 is 11.8 Å². The molecule has 0 atom stereocenters. The molecule has 0 saturated carbocycles. The first kappa shape index (κ1) is 22.6. The summed E-state index contributed by atoms with van der Waals surface area (Å²) in [5.74, 6) is -1.50. The minimum atomic E-state index is -0.643. The van der Waals surface area contributed by atoms with Gasteiger partial charge in [0.1, 0.15) is 10.7 Å². The summed E-state index contributed by atoms with van der Waals surface area (Å²) in [6.45, 7) is 3.92. The predicted molar refractivity (Wildman–Crippen MR) is 131 cm³/mol. The number of rotatable bonds is 5. The van der Waals surface area contributed by atoms with E-state index in [9.17, 15) is 14.4 Å². The summed E-state index contributed by atoms with van der Waals surface area (Å²) in [6.07, 6.45) is 0. The van der Waals surface area contributed by atoms with Crippen molar-refractivity contribution in [2.45, 2.75) is 13.8 Å². The SMILES string of the molecule is Cc1ccc(NC(=O)c2ccc(NC3=C(Cl)C(=O)N(c4cccc(Cl)c4)C3=O)cc2)c(C)c1. The zero-order valence-electron chi connectivity index (χ0n) is 17.8. The Hall–Kier alpha value is -3.61. The minimum Gasteiger partial charge on any atom is -0.350 e. The summed E-state index contributed by atoms with van der Waals surface area (Å²) >= 11 is 12.1. The number of nitrogens with one attached hydrogen (secondary N) is 2. The number of halogens is 2. The maximum atomic E-state index is 12.9. The van der Waals surface area contributed by atoms with Crippen molar-refractivity contribution in [1.29, 1.82) is 0 Å². The average molecular weight is 480 g/mol. The van der Waals surface area contributed by atoms with Crippen LogP contribution < -0.4 is 15.5 Å². The van der Waals surface area contributed by atoms with E-state index in [-0.39, 0.29) is 16.6 Å². The highest BCUT2D eigenvalue weighted by Crippen LogP contribution is 2.31. The Bertz CT molecular complexity index is 1320. The molecular formula is C25H19Cl2N3O3. The van der Waals surface area contributed by atoms with Gasteiger partial charge in [-0.25, -0.2) is 4.90 Å². The van der Waals surface area contributed by atoms with Gasteiger partial charge < -0.3 is 10.6 Å². The first-order valence-electron chi connectivity index (χ1n) is 10.0. The molecule has 0 radical (unpaired) electrons. The Morgan fingerprint density at radius 1 is 0.879 bits per heavy atom. The fourth-order valence-electron chi connectivity index (χ4n) is 3.46. The molecule has 0 bridgehead atoms. The van der Waals surface area contributed by atoms with E-state index in [0.717, 1.165) is 21.7 Å². The van der Waals surface area contributed by atoms with Gasteiger partial charge in [-0.3, -0.25) is 14.4 Å². The van der Waals surface area contributed by atoms with Crippen molar-refractivity contribution in [3.63, 3.8) is 0 Å². The van der Waals surface area contributed by atoms with E-state index in [0.29, 0.717) is 22.0 Å². The van der Waals surface area contributed by atoms with Gasteiger partial charge in [0.2, 0.25) is 0 Å². The molecular weight excluding hydrogens is 461 g/mol. The quantitative estimate of drug-likeness (QED) is 0.463. The third-order valence-corrected chi connectivity index (χ3v) is 5.73. The molecule has 33 heavy (non-hydrogen) atoms. The lowest BCUT2D eigenvalue weighted by Gasteiger charge is -2.15. The average Bonchev–Trinajstić information content (AvgIpc) is 2.99. The van der Waals surface area contributed by atoms with E-state index in [1.54, 1.807) is 42.5 Å². The number of carbonyl (C=O) groups is 3. The molecule has 0 spiro atoms. The molecule has 1 aliphatic heterocycles. The van der Waals surface area contributed by atoms with E-state index in [2.05, 4.69) is 10.6 Å². The number of benzene rings is 3. The Balaban J connectivity index is 1.49. The fraction of sp³-hybridized carbons (Fsp3) is 0.0800. The second-order valence-electron chi connectivity index (χ2n) is 7.59. The number of carbonyl (C=O) groups excluding carboxylic acids is 3. The van der Waals surface area contributed by atoms with E-state index in [4.69, 9.17) is 23.2 Å². The van der Waals surface area contributed by atoms with Gasteiger partial charge in [0.05, 0.1) is 5.69 Å². The summed E-state index contributed by atoms with van der Waals surface area (Å²) in [5.41, 5.74) is 4.04. The molecule has 0 saturated heterocycles. The van der Waals surface area contributed by atoms with Gasteiger partial charge in [-0.15, -0.1) is 0 Å². The van der Waals surface area contributed by atoms with E-state index in [1.807, 2.05) is 32.0 Å². The Morgan fingerprint density at radius 2 is 1.61 bits per heavy atom. The molecule has 2 N–H and O–H groups in total. The molecule has 3 aromatic rings. The van der Waals surface area contributed by atoms with Crippen LogP contribution in [0.1, 0.15) is 21.5 Å². The lowest BCUT2D eigenvalue weighted by molar-refractivity contribution is -0.120.